The van der Waals surface area contributed by atoms with E-state index in [4.69, 9.17) is 10.00 Å². The van der Waals surface area contributed by atoms with Crippen LogP contribution in [0.4, 0.5) is 11.4 Å². The zero-order valence-corrected chi connectivity index (χ0v) is 22.3. The van der Waals surface area contributed by atoms with Gasteiger partial charge in [-0.2, -0.15) is 5.26 Å². The molecule has 1 N–H and O–H groups in total. The van der Waals surface area contributed by atoms with Crippen molar-refractivity contribution in [2.75, 3.05) is 23.4 Å². The number of amides is 1. The number of nitrogens with zero attached hydrogens (tertiary/aromatic N) is 2. The van der Waals surface area contributed by atoms with Gasteiger partial charge in [0.25, 0.3) is 0 Å². The van der Waals surface area contributed by atoms with Crippen LogP contribution in [0.25, 0.3) is 0 Å². The van der Waals surface area contributed by atoms with Crippen LogP contribution in [-0.2, 0) is 20.7 Å². The van der Waals surface area contributed by atoms with Crippen molar-refractivity contribution >= 4 is 23.3 Å². The van der Waals surface area contributed by atoms with E-state index in [1.807, 2.05) is 19.1 Å². The molecule has 0 spiro atoms. The standard InChI is InChI=1S/C31H39N3O3/c1-4-37-31(36)27-18-26(27)24-14-15-29(34(20-21(2)3)25-8-6-5-7-9-25)28(17-24)33-30(35)16-22-10-12-23(19-32)13-11-22/h10-15,17,21,25-27H,4-9,16,18,20H2,1-3H3,(H,33,35)/t26-,27-/m1/s1. The third-order valence-corrected chi connectivity index (χ3v) is 7.44. The minimum absolute atomic E-state index is 0.0889. The molecule has 2 atom stereocenters. The molecule has 4 rings (SSSR count). The van der Waals surface area contributed by atoms with Crippen LogP contribution < -0.4 is 10.2 Å². The quantitative estimate of drug-likeness (QED) is 0.392. The molecule has 0 aromatic heterocycles. The normalized spacial score (nSPS) is 19.2. The highest BCUT2D eigenvalue weighted by Gasteiger charge is 2.45. The molecule has 2 aromatic rings. The van der Waals surface area contributed by atoms with Gasteiger partial charge in [0.05, 0.1) is 42.0 Å². The number of nitriles is 1. The number of benzene rings is 2. The summed E-state index contributed by atoms with van der Waals surface area (Å²) >= 11 is 0. The molecule has 0 unspecified atom stereocenters. The Hall–Kier alpha value is -3.33. The van der Waals surface area contributed by atoms with Gasteiger partial charge in [0.15, 0.2) is 0 Å². The van der Waals surface area contributed by atoms with Gasteiger partial charge in [-0.15, -0.1) is 0 Å². The second-order valence-corrected chi connectivity index (χ2v) is 10.8. The van der Waals surface area contributed by atoms with E-state index in [2.05, 4.69) is 48.3 Å². The van der Waals surface area contributed by atoms with E-state index in [1.54, 1.807) is 12.1 Å². The van der Waals surface area contributed by atoms with E-state index in [1.165, 1.54) is 32.1 Å². The van der Waals surface area contributed by atoms with Gasteiger partial charge in [-0.1, -0.05) is 51.3 Å². The highest BCUT2D eigenvalue weighted by molar-refractivity contribution is 5.96. The summed E-state index contributed by atoms with van der Waals surface area (Å²) < 4.78 is 5.24. The molecule has 0 saturated heterocycles. The second kappa shape index (κ2) is 12.3. The lowest BCUT2D eigenvalue weighted by molar-refractivity contribution is -0.144. The van der Waals surface area contributed by atoms with E-state index in [-0.39, 0.29) is 30.1 Å². The van der Waals surface area contributed by atoms with Crippen LogP contribution in [0, 0.1) is 23.2 Å². The maximum absolute atomic E-state index is 13.2. The fraction of sp³-hybridized carbons (Fsp3) is 0.516. The topological polar surface area (TPSA) is 82.4 Å². The number of carbonyl (C=O) groups excluding carboxylic acids is 2. The number of hydrogen-bond donors (Lipinski definition) is 1. The summed E-state index contributed by atoms with van der Waals surface area (Å²) in [5, 5.41) is 12.3. The fourth-order valence-corrected chi connectivity index (χ4v) is 5.52. The number of ether oxygens (including phenoxy) is 1. The molecule has 2 fully saturated rings. The third kappa shape index (κ3) is 6.91. The Morgan fingerprint density at radius 2 is 1.84 bits per heavy atom. The van der Waals surface area contributed by atoms with Crippen molar-refractivity contribution in [2.45, 2.75) is 77.7 Å². The molecule has 0 bridgehead atoms. The lowest BCUT2D eigenvalue weighted by Gasteiger charge is -2.38. The summed E-state index contributed by atoms with van der Waals surface area (Å²) in [6, 6.07) is 16.1. The lowest BCUT2D eigenvalue weighted by Crippen LogP contribution is -2.40. The number of nitrogens with one attached hydrogen (secondary N) is 1. The van der Waals surface area contributed by atoms with Crippen LogP contribution in [0.1, 0.15) is 81.9 Å². The summed E-state index contributed by atoms with van der Waals surface area (Å²) in [6.45, 7) is 7.63. The van der Waals surface area contributed by atoms with E-state index in [0.717, 1.165) is 35.5 Å². The van der Waals surface area contributed by atoms with Crippen molar-refractivity contribution in [3.05, 3.63) is 59.2 Å². The Morgan fingerprint density at radius 3 is 2.49 bits per heavy atom. The highest BCUT2D eigenvalue weighted by atomic mass is 16.5. The van der Waals surface area contributed by atoms with Gasteiger partial charge in [0.1, 0.15) is 0 Å². The number of carbonyl (C=O) groups is 2. The molecule has 0 radical (unpaired) electrons. The molecule has 6 nitrogen and oxygen atoms in total. The molecule has 2 aliphatic carbocycles. The van der Waals surface area contributed by atoms with Crippen molar-refractivity contribution in [1.82, 2.24) is 0 Å². The molecule has 196 valence electrons. The molecule has 1 amide bonds. The van der Waals surface area contributed by atoms with Crippen molar-refractivity contribution in [3.63, 3.8) is 0 Å². The molecule has 2 aromatic carbocycles. The molecule has 6 heteroatoms. The monoisotopic (exact) mass is 501 g/mol. The smallest absolute Gasteiger partial charge is 0.309 e. The summed E-state index contributed by atoms with van der Waals surface area (Å²) in [5.74, 6) is 0.301. The van der Waals surface area contributed by atoms with Crippen LogP contribution in [0.2, 0.25) is 0 Å². The number of anilines is 2. The Bertz CT molecular complexity index is 1130. The van der Waals surface area contributed by atoms with Gasteiger partial charge < -0.3 is 15.0 Å². The predicted octanol–water partition coefficient (Wildman–Crippen LogP) is 6.20. The zero-order valence-electron chi connectivity index (χ0n) is 22.3. The molecule has 0 heterocycles. The first-order chi connectivity index (χ1) is 17.9. The van der Waals surface area contributed by atoms with Crippen LogP contribution in [0.15, 0.2) is 42.5 Å². The summed E-state index contributed by atoms with van der Waals surface area (Å²) in [4.78, 5) is 28.0. The van der Waals surface area contributed by atoms with E-state index in [9.17, 15) is 9.59 Å². The van der Waals surface area contributed by atoms with Gasteiger partial charge in [0, 0.05) is 12.6 Å². The first-order valence-corrected chi connectivity index (χ1v) is 13.8. The lowest BCUT2D eigenvalue weighted by atomic mass is 9.92. The average molecular weight is 502 g/mol. The van der Waals surface area contributed by atoms with Crippen molar-refractivity contribution in [1.29, 1.82) is 5.26 Å². The molecule has 0 aliphatic heterocycles. The first-order valence-electron chi connectivity index (χ1n) is 13.8. The van der Waals surface area contributed by atoms with E-state index in [0.29, 0.717) is 24.1 Å². The molecule has 2 aliphatic rings. The largest absolute Gasteiger partial charge is 0.466 e. The Kier molecular flexibility index (Phi) is 8.87. The molecular weight excluding hydrogens is 462 g/mol. The van der Waals surface area contributed by atoms with Crippen molar-refractivity contribution < 1.29 is 14.3 Å². The minimum Gasteiger partial charge on any atom is -0.466 e. The molecule has 2 saturated carbocycles. The third-order valence-electron chi connectivity index (χ3n) is 7.44. The van der Waals surface area contributed by atoms with E-state index >= 15 is 0 Å². The SMILES string of the molecule is CCOC(=O)[C@@H]1C[C@@H]1c1ccc(N(CC(C)C)C2CCCCC2)c(NC(=O)Cc2ccc(C#N)cc2)c1. The van der Waals surface area contributed by atoms with Crippen LogP contribution in [-0.4, -0.2) is 31.1 Å². The van der Waals surface area contributed by atoms with Crippen LogP contribution in [0.3, 0.4) is 0 Å². The summed E-state index contributed by atoms with van der Waals surface area (Å²) in [5.41, 5.74) is 4.40. The van der Waals surface area contributed by atoms with Gasteiger partial charge in [-0.05, 0) is 73.4 Å². The van der Waals surface area contributed by atoms with Gasteiger partial charge in [-0.3, -0.25) is 9.59 Å². The van der Waals surface area contributed by atoms with Crippen LogP contribution >= 0.6 is 0 Å². The Balaban J connectivity index is 1.61. The second-order valence-electron chi connectivity index (χ2n) is 10.8. The molecule has 37 heavy (non-hydrogen) atoms. The van der Waals surface area contributed by atoms with Crippen molar-refractivity contribution in [2.24, 2.45) is 11.8 Å². The number of rotatable bonds is 10. The number of esters is 1. The minimum atomic E-state index is -0.133. The maximum Gasteiger partial charge on any atom is 0.309 e. The fourth-order valence-electron chi connectivity index (χ4n) is 5.52. The first kappa shape index (κ1) is 26.7. The average Bonchev–Trinajstić information content (AvgIpc) is 3.70. The predicted molar refractivity (Wildman–Crippen MR) is 146 cm³/mol. The summed E-state index contributed by atoms with van der Waals surface area (Å²) in [7, 11) is 0. The van der Waals surface area contributed by atoms with Gasteiger partial charge in [-0.25, -0.2) is 0 Å². The molecular formula is C31H39N3O3. The van der Waals surface area contributed by atoms with Crippen molar-refractivity contribution in [3.8, 4) is 6.07 Å². The maximum atomic E-state index is 13.2. The summed E-state index contributed by atoms with van der Waals surface area (Å²) in [6.07, 6.45) is 7.12. The van der Waals surface area contributed by atoms with Crippen LogP contribution in [0.5, 0.6) is 0 Å². The van der Waals surface area contributed by atoms with Gasteiger partial charge >= 0.3 is 5.97 Å². The van der Waals surface area contributed by atoms with E-state index < -0.39 is 0 Å². The highest BCUT2D eigenvalue weighted by Crippen LogP contribution is 2.49. The zero-order chi connectivity index (χ0) is 26.4. The number of hydrogen-bond acceptors (Lipinski definition) is 5. The Labute approximate surface area is 221 Å². The van der Waals surface area contributed by atoms with Gasteiger partial charge in [0.2, 0.25) is 5.91 Å². The Morgan fingerprint density at radius 1 is 1.11 bits per heavy atom.